The van der Waals surface area contributed by atoms with Crippen molar-refractivity contribution in [2.45, 2.75) is 0 Å². The molecular formula is C32H23F4IrN3O5-2. The molecule has 45 heavy (non-hydrogen) atoms. The molecule has 1 N–H and O–H groups in total. The normalized spacial score (nSPS) is 9.80. The fourth-order valence-corrected chi connectivity index (χ4v) is 3.25. The number of rotatable bonds is 7. The van der Waals surface area contributed by atoms with Gasteiger partial charge in [0.25, 0.3) is 0 Å². The number of carbonyl (C=O) groups excluding carboxylic acids is 1. The van der Waals surface area contributed by atoms with Gasteiger partial charge in [0.15, 0.2) is 0 Å². The van der Waals surface area contributed by atoms with Crippen molar-refractivity contribution in [3.05, 3.63) is 138 Å². The third-order valence-electron chi connectivity index (χ3n) is 5.30. The number of ether oxygens (including phenoxy) is 2. The molecule has 235 valence electrons. The molecule has 0 saturated carbocycles. The maximum Gasteiger partial charge on any atom is 0.354 e. The van der Waals surface area contributed by atoms with Crippen LogP contribution >= 0.6 is 0 Å². The van der Waals surface area contributed by atoms with E-state index in [4.69, 9.17) is 14.6 Å². The van der Waals surface area contributed by atoms with Crippen LogP contribution in [0.3, 0.4) is 0 Å². The van der Waals surface area contributed by atoms with Gasteiger partial charge >= 0.3 is 11.9 Å². The third kappa shape index (κ3) is 11.6. The van der Waals surface area contributed by atoms with Gasteiger partial charge in [0, 0.05) is 69.1 Å². The first kappa shape index (κ1) is 36.4. The zero-order valence-corrected chi connectivity index (χ0v) is 25.7. The number of pyridine rings is 3. The van der Waals surface area contributed by atoms with E-state index < -0.39 is 35.2 Å². The van der Waals surface area contributed by atoms with Crippen molar-refractivity contribution in [1.82, 2.24) is 15.0 Å². The van der Waals surface area contributed by atoms with E-state index in [2.05, 4.69) is 27.1 Å². The van der Waals surface area contributed by atoms with Gasteiger partial charge in [-0.3, -0.25) is 17.6 Å². The summed E-state index contributed by atoms with van der Waals surface area (Å²) < 4.78 is 61.1. The molecular weight excluding hydrogens is 775 g/mol. The number of carbonyl (C=O) groups is 2. The Morgan fingerprint density at radius 2 is 1.31 bits per heavy atom. The Morgan fingerprint density at radius 1 is 0.778 bits per heavy atom. The van der Waals surface area contributed by atoms with Crippen molar-refractivity contribution >= 4 is 11.9 Å². The van der Waals surface area contributed by atoms with Crippen LogP contribution in [-0.4, -0.2) is 52.3 Å². The van der Waals surface area contributed by atoms with Crippen LogP contribution in [-0.2, 0) is 29.6 Å². The standard InChI is InChI=1S/2C11H6F2N.C10H11NO5.Ir/c2*12-8-4-5-9(10(13)7-8)11-3-1-2-6-14-11;1-15-4-5-16-10(14)7-2-3-8(9(12)13)11-6-7;/h2*1-4,6-7H;2-3,6H,4-5H2,1H3,(H,12,13);/q2*-1;;. The van der Waals surface area contributed by atoms with Gasteiger partial charge in [0.05, 0.1) is 12.2 Å². The van der Waals surface area contributed by atoms with Crippen LogP contribution in [0.1, 0.15) is 20.8 Å². The Hall–Kier alpha value is -4.84. The summed E-state index contributed by atoms with van der Waals surface area (Å²) in [7, 11) is 1.50. The van der Waals surface area contributed by atoms with Crippen LogP contribution in [0.15, 0.2) is 91.4 Å². The van der Waals surface area contributed by atoms with Crippen molar-refractivity contribution in [3.8, 4) is 22.5 Å². The van der Waals surface area contributed by atoms with Crippen LogP contribution < -0.4 is 0 Å². The first-order chi connectivity index (χ1) is 21.2. The van der Waals surface area contributed by atoms with E-state index in [1.807, 2.05) is 0 Å². The summed E-state index contributed by atoms with van der Waals surface area (Å²) in [6.07, 6.45) is 4.26. The van der Waals surface area contributed by atoms with Gasteiger partial charge in [-0.25, -0.2) is 14.6 Å². The van der Waals surface area contributed by atoms with Crippen molar-refractivity contribution < 1.29 is 61.8 Å². The molecule has 0 aliphatic carbocycles. The number of halogens is 4. The summed E-state index contributed by atoms with van der Waals surface area (Å²) in [5, 5.41) is 8.59. The Balaban J connectivity index is 0.000000233. The summed E-state index contributed by atoms with van der Waals surface area (Å²) >= 11 is 0. The molecule has 0 unspecified atom stereocenters. The van der Waals surface area contributed by atoms with Crippen molar-refractivity contribution in [1.29, 1.82) is 0 Å². The van der Waals surface area contributed by atoms with E-state index in [1.165, 1.54) is 25.4 Å². The van der Waals surface area contributed by atoms with Gasteiger partial charge < -0.3 is 24.5 Å². The van der Waals surface area contributed by atoms with Gasteiger partial charge in [-0.05, 0) is 35.7 Å². The van der Waals surface area contributed by atoms with Crippen LogP contribution in [0.4, 0.5) is 17.6 Å². The largest absolute Gasteiger partial charge is 0.477 e. The van der Waals surface area contributed by atoms with Crippen molar-refractivity contribution in [3.63, 3.8) is 0 Å². The molecule has 8 nitrogen and oxygen atoms in total. The number of hydrogen-bond acceptors (Lipinski definition) is 7. The Bertz CT molecular complexity index is 1580. The second kappa shape index (κ2) is 18.7. The van der Waals surface area contributed by atoms with E-state index in [0.29, 0.717) is 18.0 Å². The topological polar surface area (TPSA) is 112 Å². The van der Waals surface area contributed by atoms with Crippen molar-refractivity contribution in [2.75, 3.05) is 20.3 Å². The van der Waals surface area contributed by atoms with Gasteiger partial charge in [0.1, 0.15) is 12.3 Å². The molecule has 2 aromatic carbocycles. The quantitative estimate of drug-likeness (QED) is 0.0894. The van der Waals surface area contributed by atoms with Gasteiger partial charge in [-0.15, -0.1) is 24.3 Å². The summed E-state index contributed by atoms with van der Waals surface area (Å²) in [6.45, 7) is 0.461. The van der Waals surface area contributed by atoms with Crippen LogP contribution in [0.2, 0.25) is 0 Å². The van der Waals surface area contributed by atoms with Gasteiger partial charge in [0.2, 0.25) is 0 Å². The number of benzene rings is 2. The minimum Gasteiger partial charge on any atom is -0.477 e. The number of nitrogens with zero attached hydrogens (tertiary/aromatic N) is 3. The van der Waals surface area contributed by atoms with Gasteiger partial charge in [-0.2, -0.15) is 0 Å². The average molecular weight is 798 g/mol. The molecule has 0 atom stereocenters. The first-order valence-electron chi connectivity index (χ1n) is 12.6. The fraction of sp³-hybridized carbons (Fsp3) is 0.0938. The summed E-state index contributed by atoms with van der Waals surface area (Å²) in [5.41, 5.74) is 1.36. The number of hydrogen-bond donors (Lipinski definition) is 1. The molecule has 5 aromatic rings. The molecule has 0 aliphatic heterocycles. The van der Waals surface area contributed by atoms with E-state index >= 15 is 0 Å². The monoisotopic (exact) mass is 798 g/mol. The molecule has 0 spiro atoms. The molecule has 0 fully saturated rings. The number of aromatic carboxylic acids is 1. The van der Waals surface area contributed by atoms with E-state index in [9.17, 15) is 27.2 Å². The van der Waals surface area contributed by atoms with Gasteiger partial charge in [-0.1, -0.05) is 47.5 Å². The third-order valence-corrected chi connectivity index (χ3v) is 5.30. The van der Waals surface area contributed by atoms with Crippen molar-refractivity contribution in [2.24, 2.45) is 0 Å². The summed E-state index contributed by atoms with van der Waals surface area (Å²) in [5.74, 6) is -4.27. The predicted molar refractivity (Wildman–Crippen MR) is 150 cm³/mol. The number of carboxylic acid groups (broad SMARTS) is 1. The van der Waals surface area contributed by atoms with Crippen LogP contribution in [0, 0.1) is 35.4 Å². The Morgan fingerprint density at radius 3 is 1.69 bits per heavy atom. The molecule has 0 saturated heterocycles. The molecule has 1 radical (unpaired) electrons. The SMILES string of the molecule is COCCOC(=O)c1ccc(C(=O)O)nc1.Fc1c[c-]c(-c2ccccn2)c(F)c1.Fc1c[c-]c(-c2ccccn2)c(F)c1.[Ir]. The molecule has 0 aliphatic rings. The van der Waals surface area contributed by atoms with E-state index in [1.54, 1.807) is 48.8 Å². The maximum absolute atomic E-state index is 13.2. The molecule has 0 bridgehead atoms. The van der Waals surface area contributed by atoms with Crippen LogP contribution in [0.25, 0.3) is 22.5 Å². The number of methoxy groups -OCH3 is 1. The summed E-state index contributed by atoms with van der Waals surface area (Å²) in [4.78, 5) is 33.3. The minimum absolute atomic E-state index is 0. The zero-order valence-electron chi connectivity index (χ0n) is 23.3. The summed E-state index contributed by atoms with van der Waals surface area (Å²) in [6, 6.07) is 21.7. The molecule has 0 amide bonds. The number of carboxylic acids is 1. The fourth-order valence-electron chi connectivity index (χ4n) is 3.25. The van der Waals surface area contributed by atoms with Crippen LogP contribution in [0.5, 0.6) is 0 Å². The van der Waals surface area contributed by atoms with E-state index in [-0.39, 0.29) is 49.1 Å². The smallest absolute Gasteiger partial charge is 0.354 e. The van der Waals surface area contributed by atoms with E-state index in [0.717, 1.165) is 24.3 Å². The minimum atomic E-state index is -1.14. The Kier molecular flexibility index (Phi) is 15.1. The predicted octanol–water partition coefficient (Wildman–Crippen LogP) is 6.23. The average Bonchev–Trinajstić information content (AvgIpc) is 3.03. The second-order valence-corrected chi connectivity index (χ2v) is 8.38. The first-order valence-corrected chi connectivity index (χ1v) is 12.6. The Labute approximate surface area is 269 Å². The number of aromatic nitrogens is 3. The zero-order chi connectivity index (χ0) is 31.9. The second-order valence-electron chi connectivity index (χ2n) is 8.38. The molecule has 13 heteroatoms. The molecule has 5 rings (SSSR count). The number of esters is 1. The maximum atomic E-state index is 13.2. The molecule has 3 heterocycles. The molecule has 3 aromatic heterocycles.